The number of likely N-dealkylation sites (tertiary alicyclic amines) is 1. The summed E-state index contributed by atoms with van der Waals surface area (Å²) in [6.07, 6.45) is 2.97. The average Bonchev–Trinajstić information content (AvgIpc) is 3.11. The second-order valence-electron chi connectivity index (χ2n) is 6.06. The van der Waals surface area contributed by atoms with Crippen LogP contribution in [0, 0.1) is 0 Å². The molecule has 2 aromatic rings. The van der Waals surface area contributed by atoms with Crippen LogP contribution in [0.3, 0.4) is 0 Å². The van der Waals surface area contributed by atoms with Crippen molar-refractivity contribution in [2.45, 2.75) is 32.7 Å². The molecule has 25 heavy (non-hydrogen) atoms. The quantitative estimate of drug-likeness (QED) is 0.801. The maximum atomic E-state index is 12.0. The van der Waals surface area contributed by atoms with Crippen LogP contribution in [0.1, 0.15) is 26.2 Å². The summed E-state index contributed by atoms with van der Waals surface area (Å²) < 4.78 is 0. The van der Waals surface area contributed by atoms with Crippen molar-refractivity contribution in [2.24, 2.45) is 5.10 Å². The molecular formula is C17H23N7O. The number of rotatable bonds is 6. The number of nitrogens with one attached hydrogen (secondary N) is 1. The summed E-state index contributed by atoms with van der Waals surface area (Å²) in [5, 5.41) is 16.4. The molecule has 0 atom stereocenters. The molecule has 1 aromatic carbocycles. The summed E-state index contributed by atoms with van der Waals surface area (Å²) in [6, 6.07) is 9.54. The van der Waals surface area contributed by atoms with Crippen LogP contribution in [0.5, 0.6) is 0 Å². The van der Waals surface area contributed by atoms with Gasteiger partial charge in [-0.1, -0.05) is 37.3 Å². The lowest BCUT2D eigenvalue weighted by Gasteiger charge is -2.26. The molecule has 1 aliphatic heterocycles. The number of carbonyl (C=O) groups is 1. The molecule has 3 rings (SSSR count). The highest BCUT2D eigenvalue weighted by atomic mass is 16.2. The van der Waals surface area contributed by atoms with Gasteiger partial charge in [0, 0.05) is 37.2 Å². The Kier molecular flexibility index (Phi) is 5.84. The molecule has 1 aliphatic rings. The second kappa shape index (κ2) is 8.48. The Bertz CT molecular complexity index is 716. The SMILES string of the molecule is CCCN1CCC(=NNC(=O)Cn2nnc(-c3ccccc3)n2)CC1. The Hall–Kier alpha value is -2.61. The van der Waals surface area contributed by atoms with E-state index in [9.17, 15) is 4.79 Å². The van der Waals surface area contributed by atoms with E-state index in [0.717, 1.165) is 43.8 Å². The van der Waals surface area contributed by atoms with Gasteiger partial charge < -0.3 is 4.90 Å². The molecule has 1 amide bonds. The van der Waals surface area contributed by atoms with Crippen molar-refractivity contribution in [3.63, 3.8) is 0 Å². The first-order chi connectivity index (χ1) is 12.2. The molecule has 8 nitrogen and oxygen atoms in total. The van der Waals surface area contributed by atoms with Crippen molar-refractivity contribution >= 4 is 11.6 Å². The largest absolute Gasteiger partial charge is 0.303 e. The van der Waals surface area contributed by atoms with Gasteiger partial charge in [0.2, 0.25) is 5.82 Å². The van der Waals surface area contributed by atoms with Crippen molar-refractivity contribution in [2.75, 3.05) is 19.6 Å². The molecule has 0 aliphatic carbocycles. The normalized spacial score (nSPS) is 15.2. The van der Waals surface area contributed by atoms with Crippen LogP contribution in [0.15, 0.2) is 35.4 Å². The van der Waals surface area contributed by atoms with E-state index in [2.05, 4.69) is 37.8 Å². The number of piperidine rings is 1. The summed E-state index contributed by atoms with van der Waals surface area (Å²) in [6.45, 7) is 5.33. The molecule has 1 saturated heterocycles. The fourth-order valence-electron chi connectivity index (χ4n) is 2.78. The maximum Gasteiger partial charge on any atom is 0.263 e. The van der Waals surface area contributed by atoms with E-state index >= 15 is 0 Å². The molecular weight excluding hydrogens is 318 g/mol. The predicted octanol–water partition coefficient (Wildman–Crippen LogP) is 1.32. The molecule has 0 saturated carbocycles. The lowest BCUT2D eigenvalue weighted by molar-refractivity contribution is -0.122. The lowest BCUT2D eigenvalue weighted by Crippen LogP contribution is -2.35. The van der Waals surface area contributed by atoms with E-state index in [0.29, 0.717) is 5.82 Å². The van der Waals surface area contributed by atoms with Gasteiger partial charge in [-0.05, 0) is 18.2 Å². The summed E-state index contributed by atoms with van der Waals surface area (Å²) in [4.78, 5) is 15.7. The first-order valence-electron chi connectivity index (χ1n) is 8.64. The molecule has 0 unspecified atom stereocenters. The molecule has 132 valence electrons. The number of nitrogens with zero attached hydrogens (tertiary/aromatic N) is 6. The fourth-order valence-corrected chi connectivity index (χ4v) is 2.78. The molecule has 1 fully saturated rings. The Morgan fingerprint density at radius 3 is 2.72 bits per heavy atom. The van der Waals surface area contributed by atoms with E-state index in [4.69, 9.17) is 0 Å². The summed E-state index contributed by atoms with van der Waals surface area (Å²) in [5.41, 5.74) is 4.51. The Morgan fingerprint density at radius 1 is 1.24 bits per heavy atom. The van der Waals surface area contributed by atoms with Crippen molar-refractivity contribution in [3.8, 4) is 11.4 Å². The second-order valence-corrected chi connectivity index (χ2v) is 6.06. The number of hydrogen-bond acceptors (Lipinski definition) is 6. The van der Waals surface area contributed by atoms with Crippen LogP contribution >= 0.6 is 0 Å². The van der Waals surface area contributed by atoms with Crippen molar-refractivity contribution in [1.29, 1.82) is 0 Å². The van der Waals surface area contributed by atoms with Gasteiger partial charge in [0.1, 0.15) is 6.54 Å². The standard InChI is InChI=1S/C17H23N7O/c1-2-10-23-11-8-15(9-12-23)18-19-16(25)13-24-21-17(20-22-24)14-6-4-3-5-7-14/h3-7H,2,8-13H2,1H3,(H,19,25). The minimum atomic E-state index is -0.250. The zero-order valence-electron chi connectivity index (χ0n) is 14.4. The van der Waals surface area contributed by atoms with E-state index in [1.807, 2.05) is 30.3 Å². The van der Waals surface area contributed by atoms with Crippen LogP contribution in [-0.2, 0) is 11.3 Å². The third-order valence-corrected chi connectivity index (χ3v) is 4.08. The van der Waals surface area contributed by atoms with Gasteiger partial charge in [-0.15, -0.1) is 10.2 Å². The minimum Gasteiger partial charge on any atom is -0.303 e. The van der Waals surface area contributed by atoms with E-state index in [-0.39, 0.29) is 12.5 Å². The molecule has 1 N–H and O–H groups in total. The van der Waals surface area contributed by atoms with Crippen molar-refractivity contribution < 1.29 is 4.79 Å². The number of hydrazone groups is 1. The summed E-state index contributed by atoms with van der Waals surface area (Å²) in [5.74, 6) is 0.253. The molecule has 8 heteroatoms. The molecule has 0 radical (unpaired) electrons. The highest BCUT2D eigenvalue weighted by molar-refractivity contribution is 5.87. The third kappa shape index (κ3) is 4.93. The zero-order chi connectivity index (χ0) is 17.5. The van der Waals surface area contributed by atoms with Crippen LogP contribution in [0.2, 0.25) is 0 Å². The third-order valence-electron chi connectivity index (χ3n) is 4.08. The van der Waals surface area contributed by atoms with Crippen LogP contribution < -0.4 is 5.43 Å². The first-order valence-corrected chi connectivity index (χ1v) is 8.64. The van der Waals surface area contributed by atoms with Crippen LogP contribution in [0.4, 0.5) is 0 Å². The zero-order valence-corrected chi connectivity index (χ0v) is 14.4. The topological polar surface area (TPSA) is 88.3 Å². The highest BCUT2D eigenvalue weighted by Gasteiger charge is 2.14. The van der Waals surface area contributed by atoms with Crippen LogP contribution in [0.25, 0.3) is 11.4 Å². The molecule has 1 aromatic heterocycles. The van der Waals surface area contributed by atoms with Gasteiger partial charge in [0.05, 0.1) is 0 Å². The van der Waals surface area contributed by atoms with E-state index < -0.39 is 0 Å². The average molecular weight is 341 g/mol. The van der Waals surface area contributed by atoms with Gasteiger partial charge in [0.15, 0.2) is 0 Å². The molecule has 0 bridgehead atoms. The number of tetrazole rings is 1. The number of amides is 1. The smallest absolute Gasteiger partial charge is 0.263 e. The number of aromatic nitrogens is 4. The lowest BCUT2D eigenvalue weighted by atomic mass is 10.1. The Balaban J connectivity index is 1.49. The summed E-state index contributed by atoms with van der Waals surface area (Å²) >= 11 is 0. The van der Waals surface area contributed by atoms with Crippen LogP contribution in [-0.4, -0.2) is 56.4 Å². The Labute approximate surface area is 146 Å². The van der Waals surface area contributed by atoms with Crippen molar-refractivity contribution in [1.82, 2.24) is 30.5 Å². The van der Waals surface area contributed by atoms with Gasteiger partial charge in [0.25, 0.3) is 5.91 Å². The monoisotopic (exact) mass is 341 g/mol. The number of carbonyl (C=O) groups excluding carboxylic acids is 1. The number of hydrogen-bond donors (Lipinski definition) is 1. The predicted molar refractivity (Wildman–Crippen MR) is 94.8 cm³/mol. The first kappa shape index (κ1) is 17.2. The van der Waals surface area contributed by atoms with E-state index in [1.54, 1.807) is 0 Å². The maximum absolute atomic E-state index is 12.0. The van der Waals surface area contributed by atoms with Gasteiger partial charge in [-0.3, -0.25) is 4.79 Å². The summed E-state index contributed by atoms with van der Waals surface area (Å²) in [7, 11) is 0. The van der Waals surface area contributed by atoms with Gasteiger partial charge in [-0.2, -0.15) is 9.90 Å². The van der Waals surface area contributed by atoms with Gasteiger partial charge in [-0.25, -0.2) is 5.43 Å². The number of benzene rings is 1. The molecule has 2 heterocycles. The fraction of sp³-hybridized carbons (Fsp3) is 0.471. The van der Waals surface area contributed by atoms with Gasteiger partial charge >= 0.3 is 0 Å². The Morgan fingerprint density at radius 2 is 2.00 bits per heavy atom. The highest BCUT2D eigenvalue weighted by Crippen LogP contribution is 2.11. The van der Waals surface area contributed by atoms with E-state index in [1.165, 1.54) is 11.2 Å². The minimum absolute atomic E-state index is 0.00142. The molecule has 0 spiro atoms. The van der Waals surface area contributed by atoms with Crippen molar-refractivity contribution in [3.05, 3.63) is 30.3 Å².